The molecular formula is C23H18N2O4S2. The smallest absolute Gasteiger partial charge is 0.280 e. The van der Waals surface area contributed by atoms with E-state index in [-0.39, 0.29) is 11.6 Å². The van der Waals surface area contributed by atoms with Gasteiger partial charge in [-0.25, -0.2) is 0 Å². The lowest BCUT2D eigenvalue weighted by Gasteiger charge is -2.14. The van der Waals surface area contributed by atoms with Crippen LogP contribution in [-0.4, -0.2) is 15.2 Å². The van der Waals surface area contributed by atoms with E-state index in [0.29, 0.717) is 26.3 Å². The van der Waals surface area contributed by atoms with Crippen LogP contribution < -0.4 is 4.90 Å². The second kappa shape index (κ2) is 8.49. The molecule has 3 aromatic rings. The predicted molar refractivity (Wildman–Crippen MR) is 127 cm³/mol. The number of carbonyl (C=O) groups excluding carboxylic acids is 1. The van der Waals surface area contributed by atoms with Crippen LogP contribution >= 0.6 is 24.0 Å². The van der Waals surface area contributed by atoms with Crippen molar-refractivity contribution >= 4 is 51.7 Å². The van der Waals surface area contributed by atoms with Gasteiger partial charge in [0.25, 0.3) is 11.6 Å². The van der Waals surface area contributed by atoms with E-state index >= 15 is 0 Å². The number of thioether (sulfide) groups is 1. The highest BCUT2D eigenvalue weighted by Gasteiger charge is 2.33. The minimum atomic E-state index is -0.431. The Balaban J connectivity index is 1.62. The summed E-state index contributed by atoms with van der Waals surface area (Å²) < 4.78 is 6.25. The Morgan fingerprint density at radius 3 is 2.58 bits per heavy atom. The number of nitro benzene ring substituents is 1. The first-order chi connectivity index (χ1) is 14.9. The van der Waals surface area contributed by atoms with E-state index in [2.05, 4.69) is 6.92 Å². The SMILES string of the molecule is CCc1ccc(N2C(=O)C(=Cc3ccc(-c4ccc(C)cc4[N+](=O)[O-])o3)SC2=S)cc1. The molecule has 1 saturated heterocycles. The summed E-state index contributed by atoms with van der Waals surface area (Å²) in [5, 5.41) is 11.4. The minimum Gasteiger partial charge on any atom is -0.456 e. The van der Waals surface area contributed by atoms with Gasteiger partial charge in [0, 0.05) is 12.1 Å². The maximum atomic E-state index is 13.0. The molecular weight excluding hydrogens is 432 g/mol. The van der Waals surface area contributed by atoms with E-state index in [9.17, 15) is 14.9 Å². The van der Waals surface area contributed by atoms with Gasteiger partial charge in [0.1, 0.15) is 11.5 Å². The Labute approximate surface area is 188 Å². The van der Waals surface area contributed by atoms with Crippen LogP contribution in [-0.2, 0) is 11.2 Å². The lowest BCUT2D eigenvalue weighted by Crippen LogP contribution is -2.27. The van der Waals surface area contributed by atoms with Crippen molar-refractivity contribution in [2.75, 3.05) is 4.90 Å². The van der Waals surface area contributed by atoms with Gasteiger partial charge in [-0.2, -0.15) is 0 Å². The zero-order valence-electron chi connectivity index (χ0n) is 16.8. The van der Waals surface area contributed by atoms with Crippen molar-refractivity contribution in [1.29, 1.82) is 0 Å². The quantitative estimate of drug-likeness (QED) is 0.201. The Hall–Kier alpha value is -3.23. The fourth-order valence-electron chi connectivity index (χ4n) is 3.28. The van der Waals surface area contributed by atoms with Crippen LogP contribution in [0.15, 0.2) is 63.9 Å². The van der Waals surface area contributed by atoms with Crippen LogP contribution in [0.1, 0.15) is 23.8 Å². The van der Waals surface area contributed by atoms with Gasteiger partial charge in [0.15, 0.2) is 4.32 Å². The second-order valence-electron chi connectivity index (χ2n) is 7.02. The third-order valence-corrected chi connectivity index (χ3v) is 6.21. The molecule has 4 rings (SSSR count). The van der Waals surface area contributed by atoms with Crippen LogP contribution in [0.2, 0.25) is 0 Å². The zero-order valence-corrected chi connectivity index (χ0v) is 18.5. The first-order valence-electron chi connectivity index (χ1n) is 9.59. The fourth-order valence-corrected chi connectivity index (χ4v) is 4.56. The summed E-state index contributed by atoms with van der Waals surface area (Å²) in [6.07, 6.45) is 2.53. The first kappa shape index (κ1) is 21.0. The van der Waals surface area contributed by atoms with Gasteiger partial charge < -0.3 is 4.42 Å². The molecule has 6 nitrogen and oxygen atoms in total. The Bertz CT molecular complexity index is 1230. The van der Waals surface area contributed by atoms with Gasteiger partial charge in [0.2, 0.25) is 0 Å². The predicted octanol–water partition coefficient (Wildman–Crippen LogP) is 6.13. The van der Waals surface area contributed by atoms with E-state index in [1.165, 1.54) is 28.3 Å². The number of nitro groups is 1. The summed E-state index contributed by atoms with van der Waals surface area (Å²) in [4.78, 5) is 25.9. The maximum Gasteiger partial charge on any atom is 0.280 e. The average Bonchev–Trinajstić information content (AvgIpc) is 3.32. The second-order valence-corrected chi connectivity index (χ2v) is 8.69. The van der Waals surface area contributed by atoms with Crippen LogP contribution in [0.4, 0.5) is 11.4 Å². The summed E-state index contributed by atoms with van der Waals surface area (Å²) >= 11 is 6.61. The topological polar surface area (TPSA) is 76.6 Å². The molecule has 0 radical (unpaired) electrons. The Morgan fingerprint density at radius 2 is 1.90 bits per heavy atom. The number of hydrogen-bond donors (Lipinski definition) is 0. The van der Waals surface area contributed by atoms with E-state index < -0.39 is 4.92 Å². The molecule has 8 heteroatoms. The number of anilines is 1. The van der Waals surface area contributed by atoms with Crippen LogP contribution in [0.3, 0.4) is 0 Å². The third kappa shape index (κ3) is 4.17. The number of carbonyl (C=O) groups is 1. The van der Waals surface area contributed by atoms with Crippen molar-refractivity contribution in [3.63, 3.8) is 0 Å². The average molecular weight is 451 g/mol. The normalized spacial score (nSPS) is 15.2. The van der Waals surface area contributed by atoms with Gasteiger partial charge in [-0.05, 0) is 54.8 Å². The minimum absolute atomic E-state index is 0.0252. The number of rotatable bonds is 5. The Kier molecular flexibility index (Phi) is 5.75. The molecule has 2 aromatic carbocycles. The number of furan rings is 1. The number of hydrogen-bond acceptors (Lipinski definition) is 6. The number of benzene rings is 2. The van der Waals surface area contributed by atoms with Crippen molar-refractivity contribution < 1.29 is 14.1 Å². The molecule has 1 aliphatic rings. The molecule has 0 unspecified atom stereocenters. The van der Waals surface area contributed by atoms with E-state index in [1.807, 2.05) is 24.3 Å². The molecule has 1 amide bonds. The standard InChI is InChI=1S/C23H18N2O4S2/c1-3-15-5-7-16(8-6-15)24-22(26)21(31-23(24)30)13-17-9-11-20(29-17)18-10-4-14(2)12-19(18)25(27)28/h4-13H,3H2,1-2H3. The van der Waals surface area contributed by atoms with Gasteiger partial charge in [0.05, 0.1) is 21.1 Å². The monoisotopic (exact) mass is 450 g/mol. The summed E-state index contributed by atoms with van der Waals surface area (Å²) in [5.74, 6) is 0.564. The largest absolute Gasteiger partial charge is 0.456 e. The number of nitrogens with zero attached hydrogens (tertiary/aromatic N) is 2. The van der Waals surface area contributed by atoms with Gasteiger partial charge in [-0.1, -0.05) is 49.1 Å². The van der Waals surface area contributed by atoms with Crippen molar-refractivity contribution in [3.05, 3.63) is 86.5 Å². The van der Waals surface area contributed by atoms with Crippen molar-refractivity contribution in [2.24, 2.45) is 0 Å². The third-order valence-electron chi connectivity index (χ3n) is 4.91. The summed E-state index contributed by atoms with van der Waals surface area (Å²) in [7, 11) is 0. The molecule has 1 fully saturated rings. The molecule has 0 N–H and O–H groups in total. The molecule has 156 valence electrons. The van der Waals surface area contributed by atoms with Gasteiger partial charge in [-0.15, -0.1) is 0 Å². The molecule has 0 bridgehead atoms. The maximum absolute atomic E-state index is 13.0. The van der Waals surface area contributed by atoms with Crippen LogP contribution in [0.25, 0.3) is 17.4 Å². The van der Waals surface area contributed by atoms with Crippen molar-refractivity contribution in [1.82, 2.24) is 0 Å². The zero-order chi connectivity index (χ0) is 22.1. The van der Waals surface area contributed by atoms with Gasteiger partial charge >= 0.3 is 0 Å². The number of aryl methyl sites for hydroxylation is 2. The highest BCUT2D eigenvalue weighted by atomic mass is 32.2. The molecule has 0 saturated carbocycles. The number of amides is 1. The molecule has 0 atom stereocenters. The Morgan fingerprint density at radius 1 is 1.16 bits per heavy atom. The lowest BCUT2D eigenvalue weighted by molar-refractivity contribution is -0.384. The molecule has 0 aliphatic carbocycles. The van der Waals surface area contributed by atoms with Crippen LogP contribution in [0.5, 0.6) is 0 Å². The fraction of sp³-hybridized carbons (Fsp3) is 0.130. The molecule has 1 aliphatic heterocycles. The van der Waals surface area contributed by atoms with E-state index in [4.69, 9.17) is 16.6 Å². The number of thiocarbonyl (C=S) groups is 1. The van der Waals surface area contributed by atoms with Gasteiger partial charge in [-0.3, -0.25) is 19.8 Å². The highest BCUT2D eigenvalue weighted by molar-refractivity contribution is 8.27. The van der Waals surface area contributed by atoms with E-state index in [0.717, 1.165) is 17.7 Å². The van der Waals surface area contributed by atoms with E-state index in [1.54, 1.807) is 37.3 Å². The lowest BCUT2D eigenvalue weighted by atomic mass is 10.1. The van der Waals surface area contributed by atoms with Crippen LogP contribution in [0, 0.1) is 17.0 Å². The molecule has 2 heterocycles. The summed E-state index contributed by atoms with van der Waals surface area (Å²) in [5.41, 5.74) is 3.05. The molecule has 1 aromatic heterocycles. The van der Waals surface area contributed by atoms with Crippen molar-refractivity contribution in [3.8, 4) is 11.3 Å². The molecule has 0 spiro atoms. The molecule has 31 heavy (non-hydrogen) atoms. The first-order valence-corrected chi connectivity index (χ1v) is 10.8. The van der Waals surface area contributed by atoms with Crippen molar-refractivity contribution in [2.45, 2.75) is 20.3 Å². The highest BCUT2D eigenvalue weighted by Crippen LogP contribution is 2.37. The summed E-state index contributed by atoms with van der Waals surface area (Å²) in [6, 6.07) is 16.0. The summed E-state index contributed by atoms with van der Waals surface area (Å²) in [6.45, 7) is 3.86.